The van der Waals surface area contributed by atoms with Gasteiger partial charge in [0.1, 0.15) is 0 Å². The van der Waals surface area contributed by atoms with E-state index in [4.69, 9.17) is 11.5 Å². The van der Waals surface area contributed by atoms with Crippen LogP contribution in [0.1, 0.15) is 15.9 Å². The van der Waals surface area contributed by atoms with Crippen LogP contribution in [0.15, 0.2) is 42.7 Å². The van der Waals surface area contributed by atoms with Gasteiger partial charge < -0.3 is 16.8 Å². The van der Waals surface area contributed by atoms with Crippen LogP contribution in [-0.2, 0) is 6.42 Å². The Labute approximate surface area is 111 Å². The van der Waals surface area contributed by atoms with Crippen molar-refractivity contribution in [1.82, 2.24) is 10.3 Å². The fourth-order valence-corrected chi connectivity index (χ4v) is 1.78. The third kappa shape index (κ3) is 3.70. The molecule has 5 heteroatoms. The lowest BCUT2D eigenvalue weighted by Crippen LogP contribution is -2.25. The number of hydrogen-bond donors (Lipinski definition) is 3. The van der Waals surface area contributed by atoms with Crippen LogP contribution < -0.4 is 16.8 Å². The number of nitrogens with one attached hydrogen (secondary N) is 1. The molecule has 0 aliphatic heterocycles. The smallest absolute Gasteiger partial charge is 0.251 e. The van der Waals surface area contributed by atoms with Crippen LogP contribution >= 0.6 is 0 Å². The Morgan fingerprint density at radius 2 is 1.74 bits per heavy atom. The molecule has 0 saturated carbocycles. The summed E-state index contributed by atoms with van der Waals surface area (Å²) in [7, 11) is 0. The molecule has 5 nitrogen and oxygen atoms in total. The Bertz CT molecular complexity index is 549. The van der Waals surface area contributed by atoms with Crippen LogP contribution in [0.5, 0.6) is 0 Å². The van der Waals surface area contributed by atoms with Crippen molar-refractivity contribution in [2.45, 2.75) is 6.42 Å². The van der Waals surface area contributed by atoms with E-state index in [2.05, 4.69) is 10.3 Å². The van der Waals surface area contributed by atoms with Crippen LogP contribution in [-0.4, -0.2) is 17.4 Å². The van der Waals surface area contributed by atoms with Crippen molar-refractivity contribution in [3.05, 3.63) is 53.9 Å². The number of nitrogens with zero attached hydrogens (tertiary/aromatic N) is 1. The zero-order valence-electron chi connectivity index (χ0n) is 10.5. The zero-order chi connectivity index (χ0) is 13.7. The third-order valence-corrected chi connectivity index (χ3v) is 2.69. The van der Waals surface area contributed by atoms with E-state index in [1.54, 1.807) is 30.6 Å². The summed E-state index contributed by atoms with van der Waals surface area (Å²) in [6, 6.07) is 8.68. The third-order valence-electron chi connectivity index (χ3n) is 2.69. The summed E-state index contributed by atoms with van der Waals surface area (Å²) in [5.41, 5.74) is 13.9. The zero-order valence-corrected chi connectivity index (χ0v) is 10.5. The van der Waals surface area contributed by atoms with Gasteiger partial charge in [-0.15, -0.1) is 0 Å². The van der Waals surface area contributed by atoms with Crippen molar-refractivity contribution in [1.29, 1.82) is 0 Å². The fraction of sp³-hybridized carbons (Fsp3) is 0.143. The molecule has 0 bridgehead atoms. The minimum Gasteiger partial charge on any atom is -0.399 e. The van der Waals surface area contributed by atoms with Gasteiger partial charge in [-0.1, -0.05) is 0 Å². The van der Waals surface area contributed by atoms with Gasteiger partial charge in [-0.25, -0.2) is 0 Å². The molecule has 2 rings (SSSR count). The molecule has 1 heterocycles. The molecule has 98 valence electrons. The number of carbonyl (C=O) groups excluding carboxylic acids is 1. The highest BCUT2D eigenvalue weighted by Gasteiger charge is 2.06. The van der Waals surface area contributed by atoms with Crippen molar-refractivity contribution in [2.24, 2.45) is 0 Å². The predicted octanol–water partition coefficient (Wildman–Crippen LogP) is 1.22. The van der Waals surface area contributed by atoms with Gasteiger partial charge in [0.05, 0.1) is 0 Å². The van der Waals surface area contributed by atoms with Gasteiger partial charge in [0.25, 0.3) is 5.91 Å². The monoisotopic (exact) mass is 256 g/mol. The van der Waals surface area contributed by atoms with Crippen LogP contribution in [0.4, 0.5) is 11.4 Å². The first-order valence-corrected chi connectivity index (χ1v) is 5.98. The van der Waals surface area contributed by atoms with Crippen molar-refractivity contribution in [3.8, 4) is 0 Å². The number of pyridine rings is 1. The Balaban J connectivity index is 1.91. The SMILES string of the molecule is Nc1cc(N)cc(C(=O)NCCc2ccncc2)c1. The molecule has 1 aromatic heterocycles. The molecule has 0 saturated heterocycles. The summed E-state index contributed by atoms with van der Waals surface area (Å²) in [6.45, 7) is 0.553. The van der Waals surface area contributed by atoms with E-state index in [-0.39, 0.29) is 5.91 Å². The van der Waals surface area contributed by atoms with E-state index in [0.717, 1.165) is 12.0 Å². The lowest BCUT2D eigenvalue weighted by Gasteiger charge is -2.07. The molecule has 0 unspecified atom stereocenters. The first-order valence-electron chi connectivity index (χ1n) is 5.98. The van der Waals surface area contributed by atoms with Gasteiger partial charge in [0, 0.05) is 35.9 Å². The van der Waals surface area contributed by atoms with Crippen molar-refractivity contribution >= 4 is 17.3 Å². The fourth-order valence-electron chi connectivity index (χ4n) is 1.78. The van der Waals surface area contributed by atoms with Crippen LogP contribution in [0.25, 0.3) is 0 Å². The molecule has 1 amide bonds. The minimum absolute atomic E-state index is 0.173. The summed E-state index contributed by atoms with van der Waals surface area (Å²) in [5.74, 6) is -0.173. The standard InChI is InChI=1S/C14H16N4O/c15-12-7-11(8-13(16)9-12)14(19)18-6-3-10-1-4-17-5-2-10/h1-2,4-5,7-9H,3,6,15-16H2,(H,18,19). The molecule has 0 atom stereocenters. The Morgan fingerprint density at radius 1 is 1.11 bits per heavy atom. The molecule has 19 heavy (non-hydrogen) atoms. The molecule has 0 aliphatic carbocycles. The predicted molar refractivity (Wildman–Crippen MR) is 75.5 cm³/mol. The molecule has 1 aromatic carbocycles. The largest absolute Gasteiger partial charge is 0.399 e. The lowest BCUT2D eigenvalue weighted by atomic mass is 10.1. The van der Waals surface area contributed by atoms with Gasteiger partial charge in [-0.05, 0) is 42.3 Å². The summed E-state index contributed by atoms with van der Waals surface area (Å²) in [4.78, 5) is 15.8. The average Bonchev–Trinajstić information content (AvgIpc) is 2.38. The Morgan fingerprint density at radius 3 is 2.37 bits per heavy atom. The van der Waals surface area contributed by atoms with E-state index >= 15 is 0 Å². The van der Waals surface area contributed by atoms with E-state index in [1.165, 1.54) is 0 Å². The van der Waals surface area contributed by atoms with Crippen LogP contribution in [0.2, 0.25) is 0 Å². The first kappa shape index (κ1) is 12.9. The molecule has 0 aliphatic rings. The summed E-state index contributed by atoms with van der Waals surface area (Å²) >= 11 is 0. The van der Waals surface area contributed by atoms with Crippen molar-refractivity contribution in [3.63, 3.8) is 0 Å². The Kier molecular flexibility index (Phi) is 3.97. The second-order valence-electron chi connectivity index (χ2n) is 4.25. The number of benzene rings is 1. The van der Waals surface area contributed by atoms with Crippen LogP contribution in [0, 0.1) is 0 Å². The molecule has 0 spiro atoms. The number of nitrogens with two attached hydrogens (primary N) is 2. The second-order valence-corrected chi connectivity index (χ2v) is 4.25. The maximum atomic E-state index is 11.9. The van der Waals surface area contributed by atoms with Crippen LogP contribution in [0.3, 0.4) is 0 Å². The normalized spacial score (nSPS) is 10.1. The quantitative estimate of drug-likeness (QED) is 0.717. The number of amides is 1. The number of rotatable bonds is 4. The highest BCUT2D eigenvalue weighted by atomic mass is 16.1. The molecule has 0 radical (unpaired) electrons. The van der Waals surface area contributed by atoms with Crippen molar-refractivity contribution < 1.29 is 4.79 Å². The number of carbonyl (C=O) groups is 1. The summed E-state index contributed by atoms with van der Waals surface area (Å²) < 4.78 is 0. The average molecular weight is 256 g/mol. The topological polar surface area (TPSA) is 94.0 Å². The first-order chi connectivity index (χ1) is 9.15. The molecule has 5 N–H and O–H groups in total. The second kappa shape index (κ2) is 5.86. The molecular weight excluding hydrogens is 240 g/mol. The maximum absolute atomic E-state index is 11.9. The summed E-state index contributed by atoms with van der Waals surface area (Å²) in [5, 5.41) is 2.83. The number of nitrogen functional groups attached to an aromatic ring is 2. The van der Waals surface area contributed by atoms with Crippen molar-refractivity contribution in [2.75, 3.05) is 18.0 Å². The Hall–Kier alpha value is -2.56. The molecule has 2 aromatic rings. The highest BCUT2D eigenvalue weighted by Crippen LogP contribution is 2.13. The maximum Gasteiger partial charge on any atom is 0.251 e. The highest BCUT2D eigenvalue weighted by molar-refractivity contribution is 5.96. The number of anilines is 2. The molecule has 0 fully saturated rings. The minimum atomic E-state index is -0.173. The molecular formula is C14H16N4O. The number of aromatic nitrogens is 1. The van der Waals surface area contributed by atoms with E-state index in [0.29, 0.717) is 23.5 Å². The van der Waals surface area contributed by atoms with Gasteiger partial charge in [-0.2, -0.15) is 0 Å². The lowest BCUT2D eigenvalue weighted by molar-refractivity contribution is 0.0954. The van der Waals surface area contributed by atoms with E-state index < -0.39 is 0 Å². The van der Waals surface area contributed by atoms with Gasteiger partial charge in [0.2, 0.25) is 0 Å². The van der Waals surface area contributed by atoms with E-state index in [1.807, 2.05) is 12.1 Å². The summed E-state index contributed by atoms with van der Waals surface area (Å²) in [6.07, 6.45) is 4.22. The number of hydrogen-bond acceptors (Lipinski definition) is 4. The van der Waals surface area contributed by atoms with Gasteiger partial charge >= 0.3 is 0 Å². The van der Waals surface area contributed by atoms with Gasteiger partial charge in [-0.3, -0.25) is 9.78 Å². The van der Waals surface area contributed by atoms with Gasteiger partial charge in [0.15, 0.2) is 0 Å². The van der Waals surface area contributed by atoms with E-state index in [9.17, 15) is 4.79 Å².